The second-order valence-electron chi connectivity index (χ2n) is 7.42. The van der Waals surface area contributed by atoms with Gasteiger partial charge in [0, 0.05) is 35.1 Å². The van der Waals surface area contributed by atoms with Crippen LogP contribution in [0, 0.1) is 0 Å². The fraction of sp³-hybridized carbons (Fsp3) is 0.143. The quantitative estimate of drug-likeness (QED) is 0.445. The van der Waals surface area contributed by atoms with Gasteiger partial charge >= 0.3 is 0 Å². The largest absolute Gasteiger partial charge is 0.399 e. The van der Waals surface area contributed by atoms with Gasteiger partial charge in [-0.05, 0) is 43.2 Å². The minimum Gasteiger partial charge on any atom is -0.399 e. The number of nitrogens with zero attached hydrogens (tertiary/aromatic N) is 7. The second kappa shape index (κ2) is 6.18. The van der Waals surface area contributed by atoms with E-state index in [1.54, 1.807) is 18.6 Å². The smallest absolute Gasteiger partial charge is 0.220 e. The molecule has 0 atom stereocenters. The molecule has 0 amide bonds. The maximum Gasteiger partial charge on any atom is 0.220 e. The third-order valence-electron chi connectivity index (χ3n) is 5.21. The zero-order chi connectivity index (χ0) is 20.2. The van der Waals surface area contributed by atoms with Crippen molar-refractivity contribution in [2.24, 2.45) is 0 Å². The van der Waals surface area contributed by atoms with Gasteiger partial charge < -0.3 is 16.0 Å². The van der Waals surface area contributed by atoms with Crippen molar-refractivity contribution in [2.45, 2.75) is 18.9 Å². The van der Waals surface area contributed by atoms with Gasteiger partial charge in [-0.15, -0.1) is 0 Å². The van der Waals surface area contributed by atoms with Crippen LogP contribution in [0.5, 0.6) is 0 Å². The van der Waals surface area contributed by atoms with Crippen LogP contribution in [0.4, 0.5) is 11.6 Å². The van der Waals surface area contributed by atoms with Gasteiger partial charge in [0.15, 0.2) is 17.3 Å². The molecule has 146 valence electrons. The molecule has 1 aromatic carbocycles. The SMILES string of the molecule is Nc1ccc2ncc(-c3ncc4nc(-c5ccnc(N)n5)n(C5CC5)c4n3)cc2c1. The highest BCUT2D eigenvalue weighted by molar-refractivity contribution is 5.86. The van der Waals surface area contributed by atoms with E-state index >= 15 is 0 Å². The lowest BCUT2D eigenvalue weighted by Gasteiger charge is -2.07. The Kier molecular flexibility index (Phi) is 3.46. The highest BCUT2D eigenvalue weighted by Crippen LogP contribution is 2.40. The number of nitrogens with two attached hydrogens (primary N) is 2. The fourth-order valence-electron chi connectivity index (χ4n) is 3.66. The third-order valence-corrected chi connectivity index (χ3v) is 5.21. The first-order valence-electron chi connectivity index (χ1n) is 9.65. The minimum absolute atomic E-state index is 0.218. The van der Waals surface area contributed by atoms with Gasteiger partial charge in [-0.2, -0.15) is 0 Å². The van der Waals surface area contributed by atoms with E-state index in [1.807, 2.05) is 30.3 Å². The molecule has 9 heteroatoms. The molecule has 1 aliphatic rings. The number of fused-ring (bicyclic) bond motifs is 2. The molecule has 0 radical (unpaired) electrons. The van der Waals surface area contributed by atoms with Crippen molar-refractivity contribution in [1.29, 1.82) is 0 Å². The lowest BCUT2D eigenvalue weighted by Crippen LogP contribution is -2.02. The van der Waals surface area contributed by atoms with Crippen molar-refractivity contribution in [3.8, 4) is 22.9 Å². The van der Waals surface area contributed by atoms with E-state index in [-0.39, 0.29) is 5.95 Å². The zero-order valence-corrected chi connectivity index (χ0v) is 15.9. The summed E-state index contributed by atoms with van der Waals surface area (Å²) in [7, 11) is 0. The van der Waals surface area contributed by atoms with Crippen molar-refractivity contribution >= 4 is 33.7 Å². The topological polar surface area (TPSA) is 134 Å². The summed E-state index contributed by atoms with van der Waals surface area (Å²) < 4.78 is 2.13. The first-order valence-corrected chi connectivity index (χ1v) is 9.65. The highest BCUT2D eigenvalue weighted by Gasteiger charge is 2.30. The average molecular weight is 395 g/mol. The van der Waals surface area contributed by atoms with Gasteiger partial charge in [0.1, 0.15) is 11.2 Å². The molecule has 4 aromatic heterocycles. The number of rotatable bonds is 3. The summed E-state index contributed by atoms with van der Waals surface area (Å²) in [6.07, 6.45) is 7.32. The standard InChI is InChI=1S/C21H17N9/c22-13-1-4-15-11(8-13)7-12(9-25-15)18-26-10-17-20(29-18)30(14-2-3-14)19(27-17)16-5-6-24-21(23)28-16/h1,4-10,14H,2-3,22H2,(H2,23,24,28). The maximum atomic E-state index is 5.93. The molecule has 9 nitrogen and oxygen atoms in total. The molecule has 4 heterocycles. The molecular formula is C21H17N9. The molecule has 0 aliphatic heterocycles. The van der Waals surface area contributed by atoms with E-state index in [2.05, 4.69) is 24.5 Å². The Morgan fingerprint density at radius 2 is 1.77 bits per heavy atom. The summed E-state index contributed by atoms with van der Waals surface area (Å²) in [6, 6.07) is 9.80. The van der Waals surface area contributed by atoms with Crippen LogP contribution in [-0.4, -0.2) is 34.5 Å². The Labute approximate surface area is 170 Å². The van der Waals surface area contributed by atoms with Gasteiger partial charge in [0.25, 0.3) is 0 Å². The van der Waals surface area contributed by atoms with E-state index in [0.717, 1.165) is 46.3 Å². The number of hydrogen-bond acceptors (Lipinski definition) is 8. The van der Waals surface area contributed by atoms with Crippen molar-refractivity contribution in [3.05, 3.63) is 48.9 Å². The molecule has 4 N–H and O–H groups in total. The number of aromatic nitrogens is 7. The zero-order valence-electron chi connectivity index (χ0n) is 15.9. The molecule has 1 aliphatic carbocycles. The minimum atomic E-state index is 0.218. The number of pyridine rings is 1. The van der Waals surface area contributed by atoms with Crippen LogP contribution in [0.2, 0.25) is 0 Å². The Balaban J connectivity index is 1.53. The molecule has 0 spiro atoms. The molecule has 0 bridgehead atoms. The first kappa shape index (κ1) is 16.8. The van der Waals surface area contributed by atoms with Crippen LogP contribution in [-0.2, 0) is 0 Å². The number of hydrogen-bond donors (Lipinski definition) is 2. The molecule has 0 unspecified atom stereocenters. The molecule has 30 heavy (non-hydrogen) atoms. The lowest BCUT2D eigenvalue weighted by molar-refractivity contribution is 0.763. The Hall–Kier alpha value is -4.14. The summed E-state index contributed by atoms with van der Waals surface area (Å²) in [5.74, 6) is 1.54. The molecule has 0 saturated heterocycles. The Bertz CT molecular complexity index is 1440. The summed E-state index contributed by atoms with van der Waals surface area (Å²) in [5.41, 5.74) is 16.3. The number of benzene rings is 1. The highest BCUT2D eigenvalue weighted by atomic mass is 15.2. The first-order chi connectivity index (χ1) is 14.7. The van der Waals surface area contributed by atoms with Crippen molar-refractivity contribution in [2.75, 3.05) is 11.5 Å². The van der Waals surface area contributed by atoms with Gasteiger partial charge in [-0.3, -0.25) is 4.98 Å². The van der Waals surface area contributed by atoms with Crippen LogP contribution >= 0.6 is 0 Å². The van der Waals surface area contributed by atoms with E-state index in [1.165, 1.54) is 0 Å². The van der Waals surface area contributed by atoms with Crippen LogP contribution in [0.1, 0.15) is 18.9 Å². The predicted molar refractivity (Wildman–Crippen MR) is 114 cm³/mol. The van der Waals surface area contributed by atoms with E-state index in [9.17, 15) is 0 Å². The Morgan fingerprint density at radius 1 is 0.867 bits per heavy atom. The van der Waals surface area contributed by atoms with Gasteiger partial charge in [-0.25, -0.2) is 24.9 Å². The molecular weight excluding hydrogens is 378 g/mol. The van der Waals surface area contributed by atoms with Crippen LogP contribution in [0.25, 0.3) is 45.0 Å². The monoisotopic (exact) mass is 395 g/mol. The molecule has 5 aromatic rings. The van der Waals surface area contributed by atoms with Crippen molar-refractivity contribution < 1.29 is 0 Å². The van der Waals surface area contributed by atoms with Gasteiger partial charge in [-0.1, -0.05) is 0 Å². The average Bonchev–Trinajstić information content (AvgIpc) is 3.52. The van der Waals surface area contributed by atoms with Crippen LogP contribution < -0.4 is 11.5 Å². The van der Waals surface area contributed by atoms with E-state index in [0.29, 0.717) is 23.2 Å². The summed E-state index contributed by atoms with van der Waals surface area (Å²) in [5, 5.41) is 0.948. The maximum absolute atomic E-state index is 5.93. The summed E-state index contributed by atoms with van der Waals surface area (Å²) in [4.78, 5) is 27.0. The second-order valence-corrected chi connectivity index (χ2v) is 7.42. The molecule has 1 saturated carbocycles. The van der Waals surface area contributed by atoms with E-state index in [4.69, 9.17) is 21.4 Å². The van der Waals surface area contributed by atoms with Crippen molar-refractivity contribution in [3.63, 3.8) is 0 Å². The van der Waals surface area contributed by atoms with Crippen LogP contribution in [0.3, 0.4) is 0 Å². The molecule has 6 rings (SSSR count). The van der Waals surface area contributed by atoms with Gasteiger partial charge in [0.2, 0.25) is 5.95 Å². The summed E-state index contributed by atoms with van der Waals surface area (Å²) >= 11 is 0. The fourth-order valence-corrected chi connectivity index (χ4v) is 3.66. The number of anilines is 2. The Morgan fingerprint density at radius 3 is 2.60 bits per heavy atom. The van der Waals surface area contributed by atoms with Gasteiger partial charge in [0.05, 0.1) is 11.7 Å². The number of nitrogen functional groups attached to an aromatic ring is 2. The third kappa shape index (κ3) is 2.71. The normalized spacial score (nSPS) is 13.9. The molecule has 1 fully saturated rings. The van der Waals surface area contributed by atoms with Crippen molar-refractivity contribution in [1.82, 2.24) is 34.5 Å². The van der Waals surface area contributed by atoms with Crippen LogP contribution in [0.15, 0.2) is 48.9 Å². The summed E-state index contributed by atoms with van der Waals surface area (Å²) in [6.45, 7) is 0. The number of imidazole rings is 1. The van der Waals surface area contributed by atoms with E-state index < -0.39 is 0 Å². The predicted octanol–water partition coefficient (Wildman–Crippen LogP) is 3.00. The lowest BCUT2D eigenvalue weighted by atomic mass is 10.1.